The molecular formula is C21H23N5O2S. The van der Waals surface area contributed by atoms with Gasteiger partial charge in [0.2, 0.25) is 5.95 Å². The summed E-state index contributed by atoms with van der Waals surface area (Å²) in [5.74, 6) is 2.99. The van der Waals surface area contributed by atoms with Gasteiger partial charge in [-0.15, -0.1) is 0 Å². The second kappa shape index (κ2) is 9.02. The molecule has 150 valence electrons. The highest BCUT2D eigenvalue weighted by molar-refractivity contribution is 7.80. The number of thiocarbonyl (C=S) groups is 1. The number of hydrogen-bond donors (Lipinski definition) is 2. The minimum atomic E-state index is 0.446. The number of ether oxygens (including phenoxy) is 1. The highest BCUT2D eigenvalue weighted by Gasteiger charge is 2.14. The number of morpholine rings is 1. The topological polar surface area (TPSA) is 75.5 Å². The van der Waals surface area contributed by atoms with Gasteiger partial charge in [-0.3, -0.25) is 0 Å². The van der Waals surface area contributed by atoms with Gasteiger partial charge in [-0.2, -0.15) is 4.98 Å². The van der Waals surface area contributed by atoms with Crippen LogP contribution in [0.25, 0.3) is 11.3 Å². The summed E-state index contributed by atoms with van der Waals surface area (Å²) in [6.07, 6.45) is 0. The summed E-state index contributed by atoms with van der Waals surface area (Å²) >= 11 is 5.40. The van der Waals surface area contributed by atoms with Gasteiger partial charge in [0.15, 0.2) is 5.11 Å². The van der Waals surface area contributed by atoms with E-state index in [1.54, 1.807) is 0 Å². The summed E-state index contributed by atoms with van der Waals surface area (Å²) in [5, 5.41) is 6.66. The predicted octanol–water partition coefficient (Wildman–Crippen LogP) is 3.37. The van der Waals surface area contributed by atoms with Crippen LogP contribution in [0.3, 0.4) is 0 Å². The summed E-state index contributed by atoms with van der Waals surface area (Å²) in [7, 11) is 0. The van der Waals surface area contributed by atoms with Crippen molar-refractivity contribution in [1.82, 2.24) is 15.3 Å². The maximum Gasteiger partial charge on any atom is 0.231 e. The largest absolute Gasteiger partial charge is 0.459 e. The van der Waals surface area contributed by atoms with E-state index >= 15 is 0 Å². The Hall–Kier alpha value is -2.97. The molecule has 7 nitrogen and oxygen atoms in total. The van der Waals surface area contributed by atoms with Gasteiger partial charge < -0.3 is 24.7 Å². The van der Waals surface area contributed by atoms with Crippen LogP contribution in [-0.4, -0.2) is 41.4 Å². The first-order chi connectivity index (χ1) is 14.2. The summed E-state index contributed by atoms with van der Waals surface area (Å²) in [6.45, 7) is 5.48. The first-order valence-electron chi connectivity index (χ1n) is 9.55. The van der Waals surface area contributed by atoms with Crippen LogP contribution in [0.2, 0.25) is 0 Å². The van der Waals surface area contributed by atoms with Crippen LogP contribution < -0.4 is 15.5 Å². The molecular weight excluding hydrogens is 386 g/mol. The monoisotopic (exact) mass is 409 g/mol. The number of furan rings is 1. The molecule has 2 N–H and O–H groups in total. The fourth-order valence-electron chi connectivity index (χ4n) is 3.11. The maximum absolute atomic E-state index is 5.89. The fraction of sp³-hybridized carbons (Fsp3) is 0.286. The van der Waals surface area contributed by atoms with Gasteiger partial charge in [-0.1, -0.05) is 30.3 Å². The SMILES string of the molecule is Cc1cc(N2CCOCC2)nc(NC(=S)NCc2ccc(-c3ccccc3)o2)n1. The van der Waals surface area contributed by atoms with E-state index in [2.05, 4.69) is 25.5 Å². The van der Waals surface area contributed by atoms with Crippen LogP contribution in [0.1, 0.15) is 11.5 Å². The molecule has 0 bridgehead atoms. The second-order valence-corrected chi connectivity index (χ2v) is 7.14. The lowest BCUT2D eigenvalue weighted by Crippen LogP contribution is -2.37. The van der Waals surface area contributed by atoms with Gasteiger partial charge in [-0.25, -0.2) is 4.98 Å². The van der Waals surface area contributed by atoms with Crippen molar-refractivity contribution < 1.29 is 9.15 Å². The fourth-order valence-corrected chi connectivity index (χ4v) is 3.27. The van der Waals surface area contributed by atoms with Crippen molar-refractivity contribution in [3.63, 3.8) is 0 Å². The summed E-state index contributed by atoms with van der Waals surface area (Å²) in [5.41, 5.74) is 1.92. The van der Waals surface area contributed by atoms with Crippen LogP contribution in [0.4, 0.5) is 11.8 Å². The van der Waals surface area contributed by atoms with Crippen molar-refractivity contribution >= 4 is 29.1 Å². The third kappa shape index (κ3) is 5.10. The molecule has 1 aliphatic rings. The smallest absolute Gasteiger partial charge is 0.231 e. The number of nitrogens with one attached hydrogen (secondary N) is 2. The lowest BCUT2D eigenvalue weighted by Gasteiger charge is -2.28. The second-order valence-electron chi connectivity index (χ2n) is 6.73. The Kier molecular flexibility index (Phi) is 6.02. The predicted molar refractivity (Wildman–Crippen MR) is 117 cm³/mol. The molecule has 0 spiro atoms. The van der Waals surface area contributed by atoms with Crippen molar-refractivity contribution in [2.75, 3.05) is 36.5 Å². The minimum Gasteiger partial charge on any atom is -0.459 e. The van der Waals surface area contributed by atoms with Crippen LogP contribution in [0, 0.1) is 6.92 Å². The molecule has 1 aromatic carbocycles. The highest BCUT2D eigenvalue weighted by atomic mass is 32.1. The standard InChI is InChI=1S/C21H23N5O2S/c1-15-13-19(26-9-11-27-12-10-26)24-20(23-15)25-21(29)22-14-17-7-8-18(28-17)16-5-3-2-4-6-16/h2-8,13H,9-12,14H2,1H3,(H2,22,23,24,25,29). The Morgan fingerprint density at radius 2 is 1.90 bits per heavy atom. The Morgan fingerprint density at radius 3 is 2.69 bits per heavy atom. The van der Waals surface area contributed by atoms with Gasteiger partial charge in [0.25, 0.3) is 0 Å². The lowest BCUT2D eigenvalue weighted by molar-refractivity contribution is 0.122. The molecule has 1 aliphatic heterocycles. The van der Waals surface area contributed by atoms with E-state index in [0.717, 1.165) is 41.7 Å². The van der Waals surface area contributed by atoms with Gasteiger partial charge in [-0.05, 0) is 31.3 Å². The van der Waals surface area contributed by atoms with E-state index in [4.69, 9.17) is 21.4 Å². The highest BCUT2D eigenvalue weighted by Crippen LogP contribution is 2.21. The average molecular weight is 410 g/mol. The first kappa shape index (κ1) is 19.4. The normalized spacial score (nSPS) is 13.9. The number of hydrogen-bond acceptors (Lipinski definition) is 6. The van der Waals surface area contributed by atoms with E-state index in [0.29, 0.717) is 30.8 Å². The Morgan fingerprint density at radius 1 is 1.10 bits per heavy atom. The van der Waals surface area contributed by atoms with E-state index in [-0.39, 0.29) is 0 Å². The van der Waals surface area contributed by atoms with Crippen molar-refractivity contribution in [3.8, 4) is 11.3 Å². The van der Waals surface area contributed by atoms with Crippen LogP contribution in [0.5, 0.6) is 0 Å². The average Bonchev–Trinajstić information content (AvgIpc) is 3.22. The molecule has 29 heavy (non-hydrogen) atoms. The molecule has 1 fully saturated rings. The molecule has 0 saturated carbocycles. The van der Waals surface area contributed by atoms with E-state index in [1.807, 2.05) is 55.5 Å². The van der Waals surface area contributed by atoms with Crippen LogP contribution in [-0.2, 0) is 11.3 Å². The molecule has 0 atom stereocenters. The van der Waals surface area contributed by atoms with Crippen molar-refractivity contribution in [3.05, 3.63) is 60.0 Å². The zero-order chi connectivity index (χ0) is 20.1. The molecule has 0 amide bonds. The van der Waals surface area contributed by atoms with Crippen LogP contribution in [0.15, 0.2) is 52.9 Å². The number of benzene rings is 1. The number of nitrogens with zero attached hydrogens (tertiary/aromatic N) is 3. The van der Waals surface area contributed by atoms with Gasteiger partial charge >= 0.3 is 0 Å². The van der Waals surface area contributed by atoms with E-state index in [1.165, 1.54) is 0 Å². The maximum atomic E-state index is 5.89. The molecule has 0 aliphatic carbocycles. The van der Waals surface area contributed by atoms with Crippen molar-refractivity contribution in [2.24, 2.45) is 0 Å². The molecule has 4 rings (SSSR count). The number of rotatable bonds is 5. The van der Waals surface area contributed by atoms with E-state index in [9.17, 15) is 0 Å². The van der Waals surface area contributed by atoms with E-state index < -0.39 is 0 Å². The van der Waals surface area contributed by atoms with Gasteiger partial charge in [0.05, 0.1) is 19.8 Å². The lowest BCUT2D eigenvalue weighted by atomic mass is 10.2. The molecule has 0 radical (unpaired) electrons. The zero-order valence-electron chi connectivity index (χ0n) is 16.2. The molecule has 1 saturated heterocycles. The first-order valence-corrected chi connectivity index (χ1v) is 9.95. The zero-order valence-corrected chi connectivity index (χ0v) is 17.0. The van der Waals surface area contributed by atoms with Crippen LogP contribution >= 0.6 is 12.2 Å². The third-order valence-electron chi connectivity index (χ3n) is 4.54. The number of aromatic nitrogens is 2. The Bertz CT molecular complexity index is 970. The summed E-state index contributed by atoms with van der Waals surface area (Å²) in [6, 6.07) is 15.9. The summed E-state index contributed by atoms with van der Waals surface area (Å²) < 4.78 is 11.3. The molecule has 3 aromatic rings. The molecule has 0 unspecified atom stereocenters. The number of anilines is 2. The quantitative estimate of drug-likeness (QED) is 0.622. The van der Waals surface area contributed by atoms with Crippen molar-refractivity contribution in [2.45, 2.75) is 13.5 Å². The van der Waals surface area contributed by atoms with Gasteiger partial charge in [0.1, 0.15) is 17.3 Å². The minimum absolute atomic E-state index is 0.446. The third-order valence-corrected chi connectivity index (χ3v) is 4.79. The Labute approximate surface area is 175 Å². The number of aryl methyl sites for hydroxylation is 1. The molecule has 3 heterocycles. The Balaban J connectivity index is 1.35. The molecule has 2 aromatic heterocycles. The molecule has 8 heteroatoms. The van der Waals surface area contributed by atoms with Crippen molar-refractivity contribution in [1.29, 1.82) is 0 Å². The summed E-state index contributed by atoms with van der Waals surface area (Å²) in [4.78, 5) is 11.2. The van der Waals surface area contributed by atoms with Gasteiger partial charge in [0, 0.05) is 30.4 Å².